The van der Waals surface area contributed by atoms with Crippen LogP contribution < -0.4 is 5.32 Å². The Labute approximate surface area is 216 Å². The topological polar surface area (TPSA) is 139 Å². The van der Waals surface area contributed by atoms with E-state index >= 15 is 0 Å². The van der Waals surface area contributed by atoms with Gasteiger partial charge in [-0.1, -0.05) is 49.4 Å². The van der Waals surface area contributed by atoms with Crippen LogP contribution in [0.15, 0.2) is 41.6 Å². The molecule has 1 atom stereocenters. The van der Waals surface area contributed by atoms with Crippen molar-refractivity contribution in [2.45, 2.75) is 49.3 Å². The number of anilines is 1. The first-order chi connectivity index (χ1) is 17.2. The van der Waals surface area contributed by atoms with Crippen LogP contribution in [-0.2, 0) is 24.3 Å². The summed E-state index contributed by atoms with van der Waals surface area (Å²) in [4.78, 5) is 32.5. The predicted molar refractivity (Wildman–Crippen MR) is 134 cm³/mol. The zero-order valence-corrected chi connectivity index (χ0v) is 21.7. The molecule has 0 aliphatic heterocycles. The molecule has 10 nitrogen and oxygen atoms in total. The number of aliphatic carboxylic acids is 1. The summed E-state index contributed by atoms with van der Waals surface area (Å²) in [6, 6.07) is 6.28. The summed E-state index contributed by atoms with van der Waals surface area (Å²) in [5, 5.41) is 12.1. The minimum Gasteiger partial charge on any atom is -0.481 e. The fourth-order valence-corrected chi connectivity index (χ4v) is 5.93. The quantitative estimate of drug-likeness (QED) is 0.395. The average molecular weight is 539 g/mol. The fourth-order valence-electron chi connectivity index (χ4n) is 4.35. The van der Waals surface area contributed by atoms with Crippen LogP contribution in [0.5, 0.6) is 0 Å². The summed E-state index contributed by atoms with van der Waals surface area (Å²) in [5.74, 6) is -1.58. The molecule has 3 rings (SSSR count). The van der Waals surface area contributed by atoms with Crippen molar-refractivity contribution in [1.29, 1.82) is 0 Å². The van der Waals surface area contributed by atoms with Gasteiger partial charge in [-0.15, -0.1) is 0 Å². The van der Waals surface area contributed by atoms with Gasteiger partial charge in [0.25, 0.3) is 0 Å². The van der Waals surface area contributed by atoms with Gasteiger partial charge in [-0.2, -0.15) is 4.31 Å². The van der Waals surface area contributed by atoms with Crippen LogP contribution in [0.2, 0.25) is 5.02 Å². The number of hydrogen-bond donors (Lipinski definition) is 2. The first kappa shape index (κ1) is 28.0. The van der Waals surface area contributed by atoms with Gasteiger partial charge in [0, 0.05) is 20.2 Å². The minimum absolute atomic E-state index is 0.00606. The van der Waals surface area contributed by atoms with Crippen LogP contribution in [0.1, 0.15) is 50.0 Å². The molecule has 36 heavy (non-hydrogen) atoms. The Hall–Kier alpha value is -2.60. The van der Waals surface area contributed by atoms with E-state index in [1.54, 1.807) is 12.1 Å². The van der Waals surface area contributed by atoms with E-state index in [2.05, 4.69) is 15.3 Å². The molecule has 0 radical (unpaired) electrons. The van der Waals surface area contributed by atoms with Crippen LogP contribution in [-0.4, -0.2) is 66.5 Å². The molecule has 12 heteroatoms. The van der Waals surface area contributed by atoms with Crippen LogP contribution >= 0.6 is 11.6 Å². The number of hydrogen-bond acceptors (Lipinski definition) is 7. The number of rotatable bonds is 13. The maximum atomic E-state index is 13.4. The number of benzene rings is 1. The highest BCUT2D eigenvalue weighted by molar-refractivity contribution is 7.89. The maximum Gasteiger partial charge on any atom is 0.304 e. The van der Waals surface area contributed by atoms with Crippen molar-refractivity contribution >= 4 is 39.4 Å². The number of nitrogens with one attached hydrogen (secondary N) is 1. The summed E-state index contributed by atoms with van der Waals surface area (Å²) in [6.45, 7) is -0.0618. The second kappa shape index (κ2) is 13.1. The summed E-state index contributed by atoms with van der Waals surface area (Å²) in [7, 11) is -2.58. The van der Waals surface area contributed by atoms with Crippen LogP contribution in [0.3, 0.4) is 0 Å². The van der Waals surface area contributed by atoms with E-state index < -0.39 is 21.9 Å². The van der Waals surface area contributed by atoms with Crippen LogP contribution in [0.25, 0.3) is 0 Å². The highest BCUT2D eigenvalue weighted by Gasteiger charge is 2.30. The van der Waals surface area contributed by atoms with Gasteiger partial charge in [-0.3, -0.25) is 14.9 Å². The van der Waals surface area contributed by atoms with E-state index in [9.17, 15) is 18.0 Å². The largest absolute Gasteiger partial charge is 0.481 e. The predicted octanol–water partition coefficient (Wildman–Crippen LogP) is 3.54. The van der Waals surface area contributed by atoms with Crippen molar-refractivity contribution < 1.29 is 27.9 Å². The fraction of sp³-hybridized carbons (Fsp3) is 0.500. The molecule has 1 aliphatic rings. The van der Waals surface area contributed by atoms with E-state index in [-0.39, 0.29) is 42.9 Å². The maximum absolute atomic E-state index is 13.4. The average Bonchev–Trinajstić information content (AvgIpc) is 3.37. The third kappa shape index (κ3) is 7.70. The standard InChI is InChI=1S/C24H31ClN4O6S/c1-35-12-11-29(10-9-22(30)31)36(33,34)20-8-4-7-18(14-20)21(13-17-5-2-3-6-17)23(32)28-24-26-15-19(25)16-27-24/h4,7-8,14-17,21H,2-3,5-6,9-13H2,1H3,(H,30,31)(H,26,27,28,32)/t21-/m1/s1. The third-order valence-corrected chi connectivity index (χ3v) is 8.32. The van der Waals surface area contributed by atoms with Crippen molar-refractivity contribution in [2.24, 2.45) is 5.92 Å². The van der Waals surface area contributed by atoms with Gasteiger partial charge >= 0.3 is 5.97 Å². The molecule has 1 fully saturated rings. The summed E-state index contributed by atoms with van der Waals surface area (Å²) >= 11 is 5.84. The summed E-state index contributed by atoms with van der Waals surface area (Å²) in [5.41, 5.74) is 0.555. The van der Waals surface area contributed by atoms with Gasteiger partial charge in [0.2, 0.25) is 21.9 Å². The highest BCUT2D eigenvalue weighted by Crippen LogP contribution is 2.35. The number of nitrogens with zero attached hydrogens (tertiary/aromatic N) is 3. The lowest BCUT2D eigenvalue weighted by molar-refractivity contribution is -0.137. The van der Waals surface area contributed by atoms with Crippen molar-refractivity contribution in [3.05, 3.63) is 47.2 Å². The number of carboxylic acids is 1. The van der Waals surface area contributed by atoms with Crippen molar-refractivity contribution in [1.82, 2.24) is 14.3 Å². The summed E-state index contributed by atoms with van der Waals surface area (Å²) < 4.78 is 32.9. The molecule has 1 aromatic heterocycles. The second-order valence-corrected chi connectivity index (χ2v) is 11.1. The van der Waals surface area contributed by atoms with Crippen molar-refractivity contribution in [3.8, 4) is 0 Å². The van der Waals surface area contributed by atoms with Crippen LogP contribution in [0.4, 0.5) is 5.95 Å². The molecule has 0 spiro atoms. The number of carbonyl (C=O) groups excluding carboxylic acids is 1. The molecule has 2 aromatic rings. The molecular weight excluding hydrogens is 508 g/mol. The van der Waals surface area contributed by atoms with Gasteiger partial charge < -0.3 is 9.84 Å². The highest BCUT2D eigenvalue weighted by atomic mass is 35.5. The SMILES string of the molecule is COCCN(CCC(=O)O)S(=O)(=O)c1cccc([C@@H](CC2CCCC2)C(=O)Nc2ncc(Cl)cn2)c1. The second-order valence-electron chi connectivity index (χ2n) is 8.77. The Bertz CT molecular complexity index is 1140. The molecule has 1 saturated carbocycles. The Morgan fingerprint density at radius 3 is 2.56 bits per heavy atom. The first-order valence-corrected chi connectivity index (χ1v) is 13.6. The zero-order valence-electron chi connectivity index (χ0n) is 20.1. The number of ether oxygens (including phenoxy) is 1. The Morgan fingerprint density at radius 2 is 1.92 bits per heavy atom. The molecule has 1 amide bonds. The van der Waals surface area contributed by atoms with Gasteiger partial charge in [0.1, 0.15) is 0 Å². The van der Waals surface area contributed by atoms with E-state index in [1.807, 2.05) is 0 Å². The number of halogens is 1. The van der Waals surface area contributed by atoms with Gasteiger partial charge in [-0.25, -0.2) is 18.4 Å². The molecule has 0 bridgehead atoms. The molecule has 1 aliphatic carbocycles. The Balaban J connectivity index is 1.90. The summed E-state index contributed by atoms with van der Waals surface area (Å²) in [6.07, 6.45) is 7.23. The van der Waals surface area contributed by atoms with Gasteiger partial charge in [0.05, 0.1) is 41.3 Å². The minimum atomic E-state index is -4.02. The number of aromatic nitrogens is 2. The molecule has 1 heterocycles. The molecule has 0 unspecified atom stereocenters. The molecular formula is C24H31ClN4O6S. The van der Waals surface area contributed by atoms with E-state index in [0.29, 0.717) is 22.9 Å². The first-order valence-electron chi connectivity index (χ1n) is 11.8. The molecule has 1 aromatic carbocycles. The number of sulfonamides is 1. The third-order valence-electron chi connectivity index (χ3n) is 6.23. The van der Waals surface area contributed by atoms with Crippen LogP contribution in [0, 0.1) is 5.92 Å². The lowest BCUT2D eigenvalue weighted by atomic mass is 9.87. The Kier molecular flexibility index (Phi) is 10.2. The van der Waals surface area contributed by atoms with Gasteiger partial charge in [-0.05, 0) is 30.0 Å². The molecule has 0 saturated heterocycles. The van der Waals surface area contributed by atoms with Crippen molar-refractivity contribution in [3.63, 3.8) is 0 Å². The molecule has 2 N–H and O–H groups in total. The number of methoxy groups -OCH3 is 1. The molecule has 196 valence electrons. The normalized spacial score (nSPS) is 15.2. The van der Waals surface area contributed by atoms with E-state index in [0.717, 1.165) is 30.0 Å². The number of amides is 1. The van der Waals surface area contributed by atoms with Gasteiger partial charge in [0.15, 0.2) is 0 Å². The lowest BCUT2D eigenvalue weighted by Gasteiger charge is -2.23. The Morgan fingerprint density at radius 1 is 1.22 bits per heavy atom. The number of carbonyl (C=O) groups is 2. The lowest BCUT2D eigenvalue weighted by Crippen LogP contribution is -2.35. The smallest absolute Gasteiger partial charge is 0.304 e. The van der Waals surface area contributed by atoms with E-state index in [4.69, 9.17) is 21.4 Å². The van der Waals surface area contributed by atoms with E-state index in [1.165, 1.54) is 31.6 Å². The van der Waals surface area contributed by atoms with Crippen molar-refractivity contribution in [2.75, 3.05) is 32.1 Å². The monoisotopic (exact) mass is 538 g/mol. The zero-order chi connectivity index (χ0) is 26.1. The number of carboxylic acid groups (broad SMARTS) is 1.